The van der Waals surface area contributed by atoms with Crippen LogP contribution < -0.4 is 5.32 Å². The average molecular weight is 447 g/mol. The summed E-state index contributed by atoms with van der Waals surface area (Å²) >= 11 is 0. The van der Waals surface area contributed by atoms with Crippen molar-refractivity contribution in [1.82, 2.24) is 9.62 Å². The van der Waals surface area contributed by atoms with Crippen LogP contribution in [0.3, 0.4) is 0 Å². The second-order valence-corrected chi connectivity index (χ2v) is 12.1. The number of aryl methyl sites for hydroxylation is 1. The van der Waals surface area contributed by atoms with Gasteiger partial charge in [-0.3, -0.25) is 4.79 Å². The van der Waals surface area contributed by atoms with Gasteiger partial charge in [0.25, 0.3) is 0 Å². The summed E-state index contributed by atoms with van der Waals surface area (Å²) in [7, 11) is -3.42. The average Bonchev–Trinajstić information content (AvgIpc) is 3.22. The summed E-state index contributed by atoms with van der Waals surface area (Å²) in [5, 5.41) is 3.19. The maximum absolute atomic E-state index is 12.9. The van der Waals surface area contributed by atoms with E-state index < -0.39 is 10.0 Å². The molecule has 1 amide bonds. The summed E-state index contributed by atoms with van der Waals surface area (Å²) in [4.78, 5) is 13.2. The van der Waals surface area contributed by atoms with Crippen molar-refractivity contribution in [3.05, 3.63) is 29.8 Å². The van der Waals surface area contributed by atoms with Gasteiger partial charge in [-0.25, -0.2) is 8.42 Å². The maximum Gasteiger partial charge on any atom is 0.243 e. The molecule has 1 aliphatic heterocycles. The molecule has 1 heterocycles. The van der Waals surface area contributed by atoms with Crippen LogP contribution in [0.2, 0.25) is 0 Å². The Hall–Kier alpha value is -1.40. The summed E-state index contributed by atoms with van der Waals surface area (Å²) in [5.74, 6) is 2.36. The molecule has 1 aromatic rings. The number of carbonyl (C=O) groups excluding carboxylic acids is 1. The van der Waals surface area contributed by atoms with Crippen LogP contribution in [-0.2, 0) is 14.8 Å². The molecule has 5 nitrogen and oxygen atoms in total. The number of benzene rings is 1. The molecule has 1 saturated heterocycles. The molecule has 172 valence electrons. The molecule has 3 fully saturated rings. The van der Waals surface area contributed by atoms with Crippen LogP contribution in [0, 0.1) is 30.6 Å². The second-order valence-electron chi connectivity index (χ2n) is 10.2. The normalized spacial score (nSPS) is 29.8. The highest BCUT2D eigenvalue weighted by atomic mass is 32.2. The number of hydrogen-bond donors (Lipinski definition) is 1. The van der Waals surface area contributed by atoms with Gasteiger partial charge >= 0.3 is 0 Å². The Morgan fingerprint density at radius 3 is 2.48 bits per heavy atom. The van der Waals surface area contributed by atoms with E-state index in [1.807, 2.05) is 19.1 Å². The molecule has 1 aromatic carbocycles. The van der Waals surface area contributed by atoms with Gasteiger partial charge in [0.15, 0.2) is 0 Å². The molecule has 2 bridgehead atoms. The number of fused-ring (bicyclic) bond motifs is 2. The summed E-state index contributed by atoms with van der Waals surface area (Å²) in [5.41, 5.74) is 1.06. The highest BCUT2D eigenvalue weighted by molar-refractivity contribution is 7.89. The zero-order valence-corrected chi connectivity index (χ0v) is 19.7. The Bertz CT molecular complexity index is 852. The quantitative estimate of drug-likeness (QED) is 0.699. The first kappa shape index (κ1) is 22.8. The van der Waals surface area contributed by atoms with E-state index in [4.69, 9.17) is 0 Å². The monoisotopic (exact) mass is 446 g/mol. The van der Waals surface area contributed by atoms with E-state index in [1.54, 1.807) is 16.4 Å². The third kappa shape index (κ3) is 5.70. The minimum Gasteiger partial charge on any atom is -0.356 e. The third-order valence-corrected chi connectivity index (χ3v) is 9.68. The summed E-state index contributed by atoms with van der Waals surface area (Å²) in [6.07, 6.45) is 11.7. The zero-order chi connectivity index (χ0) is 21.8. The number of carbonyl (C=O) groups is 1. The largest absolute Gasteiger partial charge is 0.356 e. The van der Waals surface area contributed by atoms with Crippen LogP contribution in [0.1, 0.15) is 69.8 Å². The van der Waals surface area contributed by atoms with Crippen molar-refractivity contribution in [2.75, 3.05) is 19.6 Å². The first-order valence-electron chi connectivity index (χ1n) is 12.3. The lowest BCUT2D eigenvalue weighted by Crippen LogP contribution is -2.35. The van der Waals surface area contributed by atoms with Gasteiger partial charge in [0.2, 0.25) is 15.9 Å². The van der Waals surface area contributed by atoms with Gasteiger partial charge in [0, 0.05) is 25.6 Å². The van der Waals surface area contributed by atoms with Crippen molar-refractivity contribution in [2.45, 2.75) is 76.0 Å². The zero-order valence-electron chi connectivity index (χ0n) is 18.9. The number of sulfonamides is 1. The fourth-order valence-corrected chi connectivity index (χ4v) is 7.48. The molecular formula is C25H38N2O3S. The number of nitrogens with zero attached hydrogens (tertiary/aromatic N) is 1. The van der Waals surface area contributed by atoms with E-state index in [0.29, 0.717) is 30.4 Å². The highest BCUT2D eigenvalue weighted by Gasteiger charge is 2.33. The van der Waals surface area contributed by atoms with Crippen LogP contribution in [0.4, 0.5) is 0 Å². The summed E-state index contributed by atoms with van der Waals surface area (Å²) in [6.45, 7) is 3.74. The van der Waals surface area contributed by atoms with Crippen molar-refractivity contribution in [3.8, 4) is 0 Å². The molecule has 3 aliphatic rings. The molecule has 2 aliphatic carbocycles. The van der Waals surface area contributed by atoms with Gasteiger partial charge < -0.3 is 5.32 Å². The number of nitrogens with one attached hydrogen (secondary N) is 1. The molecule has 0 aromatic heterocycles. The van der Waals surface area contributed by atoms with E-state index in [9.17, 15) is 13.2 Å². The topological polar surface area (TPSA) is 66.5 Å². The van der Waals surface area contributed by atoms with E-state index in [2.05, 4.69) is 5.32 Å². The Kier molecular flexibility index (Phi) is 7.37. The SMILES string of the molecule is Cc1ccc(S(=O)(=O)N2CCC(CCNC(=O)C3CCC[C@@H]4CCCC(C3)C4)C2)cc1. The molecular weight excluding hydrogens is 408 g/mol. The second kappa shape index (κ2) is 10.0. The summed E-state index contributed by atoms with van der Waals surface area (Å²) in [6, 6.07) is 7.08. The van der Waals surface area contributed by atoms with Crippen molar-refractivity contribution in [3.63, 3.8) is 0 Å². The molecule has 31 heavy (non-hydrogen) atoms. The Balaban J connectivity index is 1.23. The molecule has 2 saturated carbocycles. The van der Waals surface area contributed by atoms with E-state index >= 15 is 0 Å². The third-order valence-electron chi connectivity index (χ3n) is 7.80. The van der Waals surface area contributed by atoms with Crippen molar-refractivity contribution >= 4 is 15.9 Å². The number of amides is 1. The lowest BCUT2D eigenvalue weighted by molar-refractivity contribution is -0.126. The summed E-state index contributed by atoms with van der Waals surface area (Å²) < 4.78 is 27.4. The predicted octanol–water partition coefficient (Wildman–Crippen LogP) is 4.51. The first-order valence-corrected chi connectivity index (χ1v) is 13.7. The van der Waals surface area contributed by atoms with Crippen molar-refractivity contribution in [2.24, 2.45) is 23.7 Å². The molecule has 6 heteroatoms. The van der Waals surface area contributed by atoms with Crippen LogP contribution in [0.5, 0.6) is 0 Å². The van der Waals surface area contributed by atoms with Gasteiger partial charge in [-0.2, -0.15) is 4.31 Å². The van der Waals surface area contributed by atoms with Crippen LogP contribution in [0.15, 0.2) is 29.2 Å². The fraction of sp³-hybridized carbons (Fsp3) is 0.720. The van der Waals surface area contributed by atoms with Crippen LogP contribution in [-0.4, -0.2) is 38.3 Å². The molecule has 4 atom stereocenters. The maximum atomic E-state index is 12.9. The molecule has 0 spiro atoms. The van der Waals surface area contributed by atoms with E-state index in [1.165, 1.54) is 38.5 Å². The number of hydrogen-bond acceptors (Lipinski definition) is 3. The molecule has 1 N–H and O–H groups in total. The first-order chi connectivity index (χ1) is 14.9. The van der Waals surface area contributed by atoms with Gasteiger partial charge in [-0.05, 0) is 68.9 Å². The van der Waals surface area contributed by atoms with Crippen LogP contribution >= 0.6 is 0 Å². The lowest BCUT2D eigenvalue weighted by Gasteiger charge is -2.34. The van der Waals surface area contributed by atoms with E-state index in [-0.39, 0.29) is 11.8 Å². The van der Waals surface area contributed by atoms with Gasteiger partial charge in [0.1, 0.15) is 0 Å². The van der Waals surface area contributed by atoms with Crippen molar-refractivity contribution < 1.29 is 13.2 Å². The molecule has 0 radical (unpaired) electrons. The predicted molar refractivity (Wildman–Crippen MR) is 123 cm³/mol. The molecule has 4 rings (SSSR count). The van der Waals surface area contributed by atoms with E-state index in [0.717, 1.165) is 43.1 Å². The Morgan fingerprint density at radius 2 is 1.71 bits per heavy atom. The Morgan fingerprint density at radius 1 is 1.00 bits per heavy atom. The Labute approximate surface area is 188 Å². The lowest BCUT2D eigenvalue weighted by atomic mass is 9.72. The van der Waals surface area contributed by atoms with Crippen LogP contribution in [0.25, 0.3) is 0 Å². The number of rotatable bonds is 6. The standard InChI is InChI=1S/C25H38N2O3S/c1-19-8-10-24(11-9-19)31(29,30)27-15-13-21(18-27)12-14-26-25(28)23-7-3-5-20-4-2-6-22(16-20)17-23/h8-11,20-23H,2-7,12-18H2,1H3,(H,26,28)/t20-,21?,22?,23?/m0/s1. The van der Waals surface area contributed by atoms with Gasteiger partial charge in [0.05, 0.1) is 4.90 Å². The minimum absolute atomic E-state index is 0.172. The highest BCUT2D eigenvalue weighted by Crippen LogP contribution is 2.39. The minimum atomic E-state index is -3.42. The van der Waals surface area contributed by atoms with Crippen molar-refractivity contribution in [1.29, 1.82) is 0 Å². The van der Waals surface area contributed by atoms with Gasteiger partial charge in [-0.15, -0.1) is 0 Å². The smallest absolute Gasteiger partial charge is 0.243 e. The molecule has 3 unspecified atom stereocenters. The van der Waals surface area contributed by atoms with Gasteiger partial charge in [-0.1, -0.05) is 49.8 Å². The fourth-order valence-electron chi connectivity index (χ4n) is 5.94.